The molecule has 0 spiro atoms. The highest BCUT2D eigenvalue weighted by Gasteiger charge is 2.28. The first-order chi connectivity index (χ1) is 16.3. The van der Waals surface area contributed by atoms with E-state index in [0.29, 0.717) is 6.54 Å². The van der Waals surface area contributed by atoms with E-state index in [0.717, 1.165) is 56.3 Å². The molecular formula is C28H31N5. The fourth-order valence-corrected chi connectivity index (χ4v) is 5.05. The third kappa shape index (κ3) is 4.86. The van der Waals surface area contributed by atoms with Crippen molar-refractivity contribution in [3.63, 3.8) is 0 Å². The molecule has 5 nitrogen and oxygen atoms in total. The topological polar surface area (TPSA) is 55.2 Å². The number of hydrogen-bond donors (Lipinski definition) is 1. The number of anilines is 2. The number of pyridine rings is 1. The predicted molar refractivity (Wildman–Crippen MR) is 133 cm³/mol. The van der Waals surface area contributed by atoms with Crippen molar-refractivity contribution >= 4 is 11.6 Å². The molecule has 0 radical (unpaired) electrons. The molecule has 2 aliphatic rings. The van der Waals surface area contributed by atoms with E-state index in [9.17, 15) is 5.26 Å². The summed E-state index contributed by atoms with van der Waals surface area (Å²) in [6, 6.07) is 23.5. The second-order valence-electron chi connectivity index (χ2n) is 9.06. The molecule has 1 fully saturated rings. The number of aromatic nitrogens is 1. The molecule has 0 aliphatic carbocycles. The molecule has 3 aromatic rings. The van der Waals surface area contributed by atoms with Crippen molar-refractivity contribution in [3.8, 4) is 6.07 Å². The van der Waals surface area contributed by atoms with Crippen LogP contribution >= 0.6 is 0 Å². The quantitative estimate of drug-likeness (QED) is 0.580. The number of fused-ring (bicyclic) bond motifs is 1. The number of benzene rings is 2. The van der Waals surface area contributed by atoms with Crippen LogP contribution in [0.15, 0.2) is 60.7 Å². The standard InChI is InChI=1S/C28H31N5/c29-18-25-24-14-17-32(20-23-12-6-2-7-13-23)21-26(24)28(33-15-8-3-9-16-33)31-27(25)30-19-22-10-4-1-5-11-22/h1-2,4-7,10-13H,3,8-9,14-17,19-21H2,(H,30,31). The zero-order valence-corrected chi connectivity index (χ0v) is 19.1. The molecule has 0 unspecified atom stereocenters. The van der Waals surface area contributed by atoms with Gasteiger partial charge in [-0.15, -0.1) is 0 Å². The summed E-state index contributed by atoms with van der Waals surface area (Å²) < 4.78 is 0. The fraction of sp³-hybridized carbons (Fsp3) is 0.357. The summed E-state index contributed by atoms with van der Waals surface area (Å²) in [6.07, 6.45) is 4.58. The Labute approximate surface area is 196 Å². The van der Waals surface area contributed by atoms with Crippen molar-refractivity contribution in [3.05, 3.63) is 88.5 Å². The molecule has 1 N–H and O–H groups in total. The summed E-state index contributed by atoms with van der Waals surface area (Å²) >= 11 is 0. The van der Waals surface area contributed by atoms with Gasteiger partial charge in [-0.1, -0.05) is 60.7 Å². The van der Waals surface area contributed by atoms with Crippen molar-refractivity contribution in [2.75, 3.05) is 29.9 Å². The molecule has 168 valence electrons. The predicted octanol–water partition coefficient (Wildman–Crippen LogP) is 5.11. The molecule has 0 amide bonds. The lowest BCUT2D eigenvalue weighted by Gasteiger charge is -2.36. The van der Waals surface area contributed by atoms with Gasteiger partial charge in [0, 0.05) is 44.8 Å². The van der Waals surface area contributed by atoms with Crippen molar-refractivity contribution in [1.82, 2.24) is 9.88 Å². The Bertz CT molecular complexity index is 1110. The third-order valence-corrected chi connectivity index (χ3v) is 6.77. The number of piperidine rings is 1. The summed E-state index contributed by atoms with van der Waals surface area (Å²) in [5.41, 5.74) is 5.68. The Morgan fingerprint density at radius 3 is 2.24 bits per heavy atom. The summed E-state index contributed by atoms with van der Waals surface area (Å²) in [5.74, 6) is 1.81. The normalized spacial score (nSPS) is 16.2. The number of nitrogens with zero attached hydrogens (tertiary/aromatic N) is 4. The minimum absolute atomic E-state index is 0.668. The van der Waals surface area contributed by atoms with Crippen molar-refractivity contribution in [1.29, 1.82) is 5.26 Å². The lowest BCUT2D eigenvalue weighted by atomic mass is 9.94. The molecule has 1 saturated heterocycles. The first-order valence-corrected chi connectivity index (χ1v) is 12.1. The van der Waals surface area contributed by atoms with Crippen LogP contribution in [0.4, 0.5) is 11.6 Å². The minimum atomic E-state index is 0.668. The van der Waals surface area contributed by atoms with E-state index in [1.165, 1.54) is 41.5 Å². The molecular weight excluding hydrogens is 406 g/mol. The maximum absolute atomic E-state index is 10.1. The first kappa shape index (κ1) is 21.5. The highest BCUT2D eigenvalue weighted by molar-refractivity contribution is 5.67. The summed E-state index contributed by atoms with van der Waals surface area (Å²) in [7, 11) is 0. The molecule has 1 aromatic heterocycles. The molecule has 33 heavy (non-hydrogen) atoms. The summed E-state index contributed by atoms with van der Waals surface area (Å²) in [4.78, 5) is 10.0. The fourth-order valence-electron chi connectivity index (χ4n) is 5.05. The van der Waals surface area contributed by atoms with E-state index in [1.54, 1.807) is 0 Å². The van der Waals surface area contributed by atoms with Gasteiger partial charge in [0.05, 0.1) is 5.56 Å². The number of rotatable bonds is 6. The average Bonchev–Trinajstić information content (AvgIpc) is 2.88. The molecule has 2 aromatic carbocycles. The SMILES string of the molecule is N#Cc1c(NCc2ccccc2)nc(N2CCCCC2)c2c1CCN(Cc1ccccc1)C2. The number of hydrogen-bond acceptors (Lipinski definition) is 5. The van der Waals surface area contributed by atoms with Gasteiger partial charge in [0.1, 0.15) is 17.7 Å². The van der Waals surface area contributed by atoms with Crippen LogP contribution in [0.1, 0.15) is 47.1 Å². The highest BCUT2D eigenvalue weighted by Crippen LogP contribution is 2.35. The van der Waals surface area contributed by atoms with Crippen LogP contribution in [0.3, 0.4) is 0 Å². The molecule has 3 heterocycles. The van der Waals surface area contributed by atoms with Gasteiger partial charge >= 0.3 is 0 Å². The molecule has 5 rings (SSSR count). The zero-order valence-electron chi connectivity index (χ0n) is 19.1. The summed E-state index contributed by atoms with van der Waals surface area (Å²) in [6.45, 7) is 5.48. The van der Waals surface area contributed by atoms with E-state index in [1.807, 2.05) is 18.2 Å². The highest BCUT2D eigenvalue weighted by atomic mass is 15.2. The van der Waals surface area contributed by atoms with Gasteiger partial charge < -0.3 is 10.2 Å². The van der Waals surface area contributed by atoms with Gasteiger partial charge in [0.25, 0.3) is 0 Å². The van der Waals surface area contributed by atoms with Gasteiger partial charge in [0.2, 0.25) is 0 Å². The first-order valence-electron chi connectivity index (χ1n) is 12.1. The molecule has 0 saturated carbocycles. The lowest BCUT2D eigenvalue weighted by molar-refractivity contribution is 0.245. The van der Waals surface area contributed by atoms with E-state index in [4.69, 9.17) is 4.98 Å². The van der Waals surface area contributed by atoms with Crippen molar-refractivity contribution < 1.29 is 0 Å². The zero-order chi connectivity index (χ0) is 22.5. The Hall–Kier alpha value is -3.36. The maximum Gasteiger partial charge on any atom is 0.146 e. The van der Waals surface area contributed by atoms with Gasteiger partial charge in [-0.3, -0.25) is 4.90 Å². The van der Waals surface area contributed by atoms with Gasteiger partial charge in [-0.2, -0.15) is 5.26 Å². The largest absolute Gasteiger partial charge is 0.365 e. The van der Waals surface area contributed by atoms with Crippen LogP contribution in [0.2, 0.25) is 0 Å². The van der Waals surface area contributed by atoms with Crippen LogP contribution in [-0.2, 0) is 26.1 Å². The number of nitrogens with one attached hydrogen (secondary N) is 1. The Kier molecular flexibility index (Phi) is 6.55. The monoisotopic (exact) mass is 437 g/mol. The molecule has 2 aliphatic heterocycles. The molecule has 5 heteroatoms. The minimum Gasteiger partial charge on any atom is -0.365 e. The molecule has 0 atom stereocenters. The van der Waals surface area contributed by atoms with Crippen LogP contribution in [0, 0.1) is 11.3 Å². The summed E-state index contributed by atoms with van der Waals surface area (Å²) in [5, 5.41) is 13.6. The molecule has 0 bridgehead atoms. The van der Waals surface area contributed by atoms with Crippen LogP contribution < -0.4 is 10.2 Å². The average molecular weight is 438 g/mol. The van der Waals surface area contributed by atoms with Gasteiger partial charge in [0.15, 0.2) is 0 Å². The second-order valence-corrected chi connectivity index (χ2v) is 9.06. The van der Waals surface area contributed by atoms with Crippen molar-refractivity contribution in [2.45, 2.75) is 45.3 Å². The lowest BCUT2D eigenvalue weighted by Crippen LogP contribution is -2.36. The maximum atomic E-state index is 10.1. The smallest absolute Gasteiger partial charge is 0.146 e. The Balaban J connectivity index is 1.48. The Morgan fingerprint density at radius 1 is 0.848 bits per heavy atom. The van der Waals surface area contributed by atoms with E-state index in [-0.39, 0.29) is 0 Å². The second kappa shape index (κ2) is 10.1. The van der Waals surface area contributed by atoms with Gasteiger partial charge in [-0.05, 0) is 42.4 Å². The van der Waals surface area contributed by atoms with E-state index < -0.39 is 0 Å². The Morgan fingerprint density at radius 2 is 1.55 bits per heavy atom. The van der Waals surface area contributed by atoms with E-state index in [2.05, 4.69) is 63.7 Å². The van der Waals surface area contributed by atoms with Crippen LogP contribution in [0.25, 0.3) is 0 Å². The third-order valence-electron chi connectivity index (χ3n) is 6.77. The van der Waals surface area contributed by atoms with Gasteiger partial charge in [-0.25, -0.2) is 4.98 Å². The van der Waals surface area contributed by atoms with Crippen LogP contribution in [-0.4, -0.2) is 29.5 Å². The van der Waals surface area contributed by atoms with Crippen LogP contribution in [0.5, 0.6) is 0 Å². The van der Waals surface area contributed by atoms with Crippen molar-refractivity contribution in [2.24, 2.45) is 0 Å². The van der Waals surface area contributed by atoms with E-state index >= 15 is 0 Å². The number of nitriles is 1.